The largest absolute Gasteiger partial charge is 0.139 e. The molecule has 0 saturated carbocycles. The summed E-state index contributed by atoms with van der Waals surface area (Å²) in [5.74, 6) is 0. The van der Waals surface area contributed by atoms with Crippen molar-refractivity contribution in [2.45, 2.75) is 25.1 Å². The van der Waals surface area contributed by atoms with Crippen LogP contribution in [0.4, 0.5) is 0 Å². The molecule has 2 heteroatoms. The van der Waals surface area contributed by atoms with Crippen LogP contribution in [0.1, 0.15) is 33.3 Å². The van der Waals surface area contributed by atoms with Crippen LogP contribution in [0.5, 0.6) is 0 Å². The lowest BCUT2D eigenvalue weighted by atomic mass is 10.1. The fourth-order valence-corrected chi connectivity index (χ4v) is 4.24. The molecule has 0 aliphatic carbocycles. The van der Waals surface area contributed by atoms with Gasteiger partial charge in [0.15, 0.2) is 0 Å². The van der Waals surface area contributed by atoms with Gasteiger partial charge in [-0.15, -0.1) is 11.3 Å². The highest BCUT2D eigenvalue weighted by atomic mass is 79.9. The highest BCUT2D eigenvalue weighted by Gasteiger charge is 2.13. The van der Waals surface area contributed by atoms with Gasteiger partial charge < -0.3 is 0 Å². The minimum Gasteiger partial charge on any atom is -0.139 e. The summed E-state index contributed by atoms with van der Waals surface area (Å²) < 4.78 is 0. The molecule has 0 bridgehead atoms. The normalized spacial score (nSPS) is 12.3. The average Bonchev–Trinajstić information content (AvgIpc) is 3.05. The van der Waals surface area contributed by atoms with E-state index in [4.69, 9.17) is 0 Å². The van der Waals surface area contributed by atoms with E-state index in [1.807, 2.05) is 11.3 Å². The van der Waals surface area contributed by atoms with Crippen LogP contribution in [0.15, 0.2) is 60.7 Å². The van der Waals surface area contributed by atoms with Gasteiger partial charge in [0.1, 0.15) is 0 Å². The van der Waals surface area contributed by atoms with Gasteiger partial charge in [-0.2, -0.15) is 0 Å². The van der Waals surface area contributed by atoms with E-state index in [-0.39, 0.29) is 4.83 Å². The van der Waals surface area contributed by atoms with Gasteiger partial charge in [0.05, 0.1) is 4.83 Å². The summed E-state index contributed by atoms with van der Waals surface area (Å²) in [6.45, 7) is 4.32. The molecular formula is C20H19BrS. The van der Waals surface area contributed by atoms with E-state index < -0.39 is 0 Å². The Labute approximate surface area is 145 Å². The van der Waals surface area contributed by atoms with Gasteiger partial charge in [-0.05, 0) is 42.2 Å². The van der Waals surface area contributed by atoms with Crippen LogP contribution >= 0.6 is 27.3 Å². The molecule has 0 amide bonds. The van der Waals surface area contributed by atoms with Gasteiger partial charge in [-0.3, -0.25) is 0 Å². The summed E-state index contributed by atoms with van der Waals surface area (Å²) in [6.07, 6.45) is 1.08. The Hall–Kier alpha value is -1.38. The number of benzene rings is 2. The molecule has 0 aliphatic rings. The smallest absolute Gasteiger partial charge is 0.0738 e. The van der Waals surface area contributed by atoms with Crippen molar-refractivity contribution in [2.75, 3.05) is 0 Å². The highest BCUT2D eigenvalue weighted by Crippen LogP contribution is 2.38. The lowest BCUT2D eigenvalue weighted by Gasteiger charge is -2.08. The molecule has 0 fully saturated rings. The van der Waals surface area contributed by atoms with Crippen molar-refractivity contribution in [2.24, 2.45) is 0 Å². The number of hydrogen-bond acceptors (Lipinski definition) is 1. The molecule has 112 valence electrons. The molecule has 1 atom stereocenters. The molecule has 1 aromatic heterocycles. The first-order valence-corrected chi connectivity index (χ1v) is 9.30. The van der Waals surface area contributed by atoms with Crippen molar-refractivity contribution >= 4 is 27.3 Å². The van der Waals surface area contributed by atoms with Crippen molar-refractivity contribution in [1.29, 1.82) is 0 Å². The van der Waals surface area contributed by atoms with Crippen molar-refractivity contribution in [1.82, 2.24) is 0 Å². The van der Waals surface area contributed by atoms with E-state index in [0.717, 1.165) is 6.42 Å². The Morgan fingerprint density at radius 3 is 2.50 bits per heavy atom. The van der Waals surface area contributed by atoms with E-state index in [2.05, 4.69) is 90.4 Å². The third-order valence-corrected chi connectivity index (χ3v) is 6.39. The zero-order valence-electron chi connectivity index (χ0n) is 12.8. The van der Waals surface area contributed by atoms with Gasteiger partial charge in [0, 0.05) is 9.75 Å². The first kappa shape index (κ1) is 15.5. The fourth-order valence-electron chi connectivity index (χ4n) is 2.49. The summed E-state index contributed by atoms with van der Waals surface area (Å²) >= 11 is 5.71. The van der Waals surface area contributed by atoms with Crippen LogP contribution in [0.25, 0.3) is 10.4 Å². The van der Waals surface area contributed by atoms with Crippen LogP contribution < -0.4 is 0 Å². The third kappa shape index (κ3) is 3.34. The predicted molar refractivity (Wildman–Crippen MR) is 101 cm³/mol. The minimum absolute atomic E-state index is 0.265. The lowest BCUT2D eigenvalue weighted by Crippen LogP contribution is -1.88. The van der Waals surface area contributed by atoms with Crippen molar-refractivity contribution in [3.63, 3.8) is 0 Å². The Balaban J connectivity index is 1.88. The lowest BCUT2D eigenvalue weighted by molar-refractivity contribution is 1.14. The van der Waals surface area contributed by atoms with E-state index in [9.17, 15) is 0 Å². The molecule has 0 saturated heterocycles. The first-order valence-electron chi connectivity index (χ1n) is 7.57. The number of rotatable bonds is 4. The third-order valence-electron chi connectivity index (χ3n) is 3.87. The number of aryl methyl sites for hydroxylation is 2. The summed E-state index contributed by atoms with van der Waals surface area (Å²) in [4.78, 5) is 2.95. The molecule has 1 heterocycles. The van der Waals surface area contributed by atoms with E-state index in [1.165, 1.54) is 32.0 Å². The Kier molecular flexibility index (Phi) is 4.80. The standard InChI is InChI=1S/C20H19BrS/c1-3-15-5-4-6-17(13-15)18-11-12-19(22-18)20(21)16-9-7-14(2)8-10-16/h4-13,20H,3H2,1-2H3. The molecule has 0 aliphatic heterocycles. The molecule has 1 unspecified atom stereocenters. The van der Waals surface area contributed by atoms with Crippen LogP contribution in [0.3, 0.4) is 0 Å². The summed E-state index contributed by atoms with van der Waals surface area (Å²) in [6, 6.07) is 22.0. The van der Waals surface area contributed by atoms with E-state index in [0.29, 0.717) is 0 Å². The zero-order chi connectivity index (χ0) is 15.5. The highest BCUT2D eigenvalue weighted by molar-refractivity contribution is 9.09. The summed E-state index contributed by atoms with van der Waals surface area (Å²) in [5.41, 5.74) is 5.31. The van der Waals surface area contributed by atoms with Gasteiger partial charge in [-0.1, -0.05) is 76.9 Å². The van der Waals surface area contributed by atoms with Crippen LogP contribution in [0, 0.1) is 6.92 Å². The van der Waals surface area contributed by atoms with Gasteiger partial charge in [0.25, 0.3) is 0 Å². The second kappa shape index (κ2) is 6.80. The maximum absolute atomic E-state index is 3.84. The van der Waals surface area contributed by atoms with Crippen molar-refractivity contribution < 1.29 is 0 Å². The molecule has 0 N–H and O–H groups in total. The predicted octanol–water partition coefficient (Wildman–Crippen LogP) is 6.77. The van der Waals surface area contributed by atoms with Crippen LogP contribution in [-0.4, -0.2) is 0 Å². The quantitative estimate of drug-likeness (QED) is 0.444. The van der Waals surface area contributed by atoms with Crippen molar-refractivity contribution in [3.05, 3.63) is 82.2 Å². The maximum Gasteiger partial charge on any atom is 0.0738 e. The zero-order valence-corrected chi connectivity index (χ0v) is 15.2. The Morgan fingerprint density at radius 1 is 1.00 bits per heavy atom. The molecule has 3 aromatic rings. The minimum atomic E-state index is 0.265. The Morgan fingerprint density at radius 2 is 1.77 bits per heavy atom. The topological polar surface area (TPSA) is 0 Å². The molecule has 0 radical (unpaired) electrons. The Bertz CT molecular complexity index is 755. The SMILES string of the molecule is CCc1cccc(-c2ccc(C(Br)c3ccc(C)cc3)s2)c1. The molecule has 3 rings (SSSR count). The maximum atomic E-state index is 3.84. The van der Waals surface area contributed by atoms with Gasteiger partial charge >= 0.3 is 0 Å². The summed E-state index contributed by atoms with van der Waals surface area (Å²) in [5, 5.41) is 0. The molecular weight excluding hydrogens is 352 g/mol. The summed E-state index contributed by atoms with van der Waals surface area (Å²) in [7, 11) is 0. The number of hydrogen-bond donors (Lipinski definition) is 0. The van der Waals surface area contributed by atoms with E-state index in [1.54, 1.807) is 0 Å². The molecule has 22 heavy (non-hydrogen) atoms. The fraction of sp³-hybridized carbons (Fsp3) is 0.200. The number of halogens is 1. The second-order valence-corrected chi connectivity index (χ2v) is 7.56. The number of thiophene rings is 1. The molecule has 0 nitrogen and oxygen atoms in total. The second-order valence-electron chi connectivity index (χ2n) is 5.53. The van der Waals surface area contributed by atoms with Gasteiger partial charge in [0.2, 0.25) is 0 Å². The first-order chi connectivity index (χ1) is 10.7. The van der Waals surface area contributed by atoms with E-state index >= 15 is 0 Å². The van der Waals surface area contributed by atoms with Crippen LogP contribution in [0.2, 0.25) is 0 Å². The van der Waals surface area contributed by atoms with Crippen molar-refractivity contribution in [3.8, 4) is 10.4 Å². The monoisotopic (exact) mass is 370 g/mol. The van der Waals surface area contributed by atoms with Crippen LogP contribution in [-0.2, 0) is 6.42 Å². The molecule has 0 spiro atoms. The molecule has 2 aromatic carbocycles. The van der Waals surface area contributed by atoms with Gasteiger partial charge in [-0.25, -0.2) is 0 Å². The average molecular weight is 371 g/mol. The number of alkyl halides is 1.